The van der Waals surface area contributed by atoms with E-state index in [2.05, 4.69) is 13.5 Å². The molecule has 1 heterocycles. The van der Waals surface area contributed by atoms with Crippen LogP contribution in [0.4, 0.5) is 0 Å². The third-order valence-electron chi connectivity index (χ3n) is 2.31. The van der Waals surface area contributed by atoms with E-state index in [1.54, 1.807) is 0 Å². The molecule has 1 fully saturated rings. The SMILES string of the molecule is C=C[C@@H](C)C1CCCOC1. The predicted molar refractivity (Wildman–Crippen MR) is 42.9 cm³/mol. The van der Waals surface area contributed by atoms with E-state index in [-0.39, 0.29) is 0 Å². The van der Waals surface area contributed by atoms with Crippen LogP contribution in [0.15, 0.2) is 12.7 Å². The predicted octanol–water partition coefficient (Wildman–Crippen LogP) is 2.24. The molecular weight excluding hydrogens is 124 g/mol. The molecule has 0 aromatic heterocycles. The summed E-state index contributed by atoms with van der Waals surface area (Å²) in [6.07, 6.45) is 4.56. The standard InChI is InChI=1S/C9H16O/c1-3-8(2)9-5-4-6-10-7-9/h3,8-9H,1,4-7H2,2H3/t8-,9?/m1/s1. The van der Waals surface area contributed by atoms with Gasteiger partial charge in [0.15, 0.2) is 0 Å². The van der Waals surface area contributed by atoms with Crippen molar-refractivity contribution in [2.45, 2.75) is 19.8 Å². The smallest absolute Gasteiger partial charge is 0.0499 e. The molecule has 0 bridgehead atoms. The minimum absolute atomic E-state index is 0.625. The van der Waals surface area contributed by atoms with Gasteiger partial charge in [0, 0.05) is 13.2 Å². The largest absolute Gasteiger partial charge is 0.381 e. The summed E-state index contributed by atoms with van der Waals surface area (Å²) < 4.78 is 5.36. The minimum atomic E-state index is 0.625. The molecular formula is C9H16O. The molecule has 1 unspecified atom stereocenters. The van der Waals surface area contributed by atoms with E-state index >= 15 is 0 Å². The van der Waals surface area contributed by atoms with Crippen molar-refractivity contribution in [2.75, 3.05) is 13.2 Å². The van der Waals surface area contributed by atoms with Gasteiger partial charge in [-0.2, -0.15) is 0 Å². The molecule has 1 aliphatic rings. The van der Waals surface area contributed by atoms with Crippen LogP contribution in [0.2, 0.25) is 0 Å². The fourth-order valence-electron chi connectivity index (χ4n) is 1.37. The van der Waals surface area contributed by atoms with Gasteiger partial charge < -0.3 is 4.74 Å². The van der Waals surface area contributed by atoms with Gasteiger partial charge in [-0.1, -0.05) is 13.0 Å². The Morgan fingerprint density at radius 2 is 2.50 bits per heavy atom. The zero-order valence-corrected chi connectivity index (χ0v) is 6.68. The first kappa shape index (κ1) is 7.80. The molecule has 0 aliphatic carbocycles. The van der Waals surface area contributed by atoms with Crippen molar-refractivity contribution in [3.8, 4) is 0 Å². The molecule has 1 aliphatic heterocycles. The highest BCUT2D eigenvalue weighted by molar-refractivity contribution is 4.82. The van der Waals surface area contributed by atoms with Crippen LogP contribution >= 0.6 is 0 Å². The maximum Gasteiger partial charge on any atom is 0.0499 e. The van der Waals surface area contributed by atoms with E-state index in [0.717, 1.165) is 19.1 Å². The lowest BCUT2D eigenvalue weighted by molar-refractivity contribution is 0.0419. The van der Waals surface area contributed by atoms with Crippen LogP contribution in [-0.2, 0) is 4.74 Å². The Labute approximate surface area is 63.1 Å². The molecule has 0 N–H and O–H groups in total. The first-order valence-electron chi connectivity index (χ1n) is 4.05. The van der Waals surface area contributed by atoms with Crippen LogP contribution in [0.1, 0.15) is 19.8 Å². The molecule has 1 saturated heterocycles. The average Bonchev–Trinajstić information content (AvgIpc) is 2.05. The summed E-state index contributed by atoms with van der Waals surface area (Å²) in [7, 11) is 0. The van der Waals surface area contributed by atoms with Crippen molar-refractivity contribution in [3.05, 3.63) is 12.7 Å². The Hall–Kier alpha value is -0.300. The lowest BCUT2D eigenvalue weighted by Crippen LogP contribution is -2.22. The van der Waals surface area contributed by atoms with Gasteiger partial charge in [-0.15, -0.1) is 6.58 Å². The highest BCUT2D eigenvalue weighted by Gasteiger charge is 2.17. The Bertz CT molecular complexity index is 103. The van der Waals surface area contributed by atoms with Gasteiger partial charge in [0.1, 0.15) is 0 Å². The Morgan fingerprint density at radius 3 is 3.00 bits per heavy atom. The molecule has 1 rings (SSSR count). The zero-order chi connectivity index (χ0) is 7.40. The molecule has 1 nitrogen and oxygen atoms in total. The van der Waals surface area contributed by atoms with Crippen LogP contribution in [0, 0.1) is 11.8 Å². The molecule has 0 saturated carbocycles. The molecule has 0 amide bonds. The highest BCUT2D eigenvalue weighted by atomic mass is 16.5. The van der Waals surface area contributed by atoms with Gasteiger partial charge in [0.2, 0.25) is 0 Å². The van der Waals surface area contributed by atoms with Gasteiger partial charge in [-0.05, 0) is 24.7 Å². The summed E-state index contributed by atoms with van der Waals surface area (Å²) in [6.45, 7) is 7.89. The van der Waals surface area contributed by atoms with Crippen molar-refractivity contribution >= 4 is 0 Å². The lowest BCUT2D eigenvalue weighted by atomic mass is 9.89. The number of hydrogen-bond acceptors (Lipinski definition) is 1. The molecule has 1 heteroatoms. The van der Waals surface area contributed by atoms with Crippen molar-refractivity contribution in [3.63, 3.8) is 0 Å². The molecule has 0 aromatic carbocycles. The third-order valence-corrected chi connectivity index (χ3v) is 2.31. The number of rotatable bonds is 2. The first-order chi connectivity index (χ1) is 4.84. The van der Waals surface area contributed by atoms with Crippen LogP contribution in [0.5, 0.6) is 0 Å². The summed E-state index contributed by atoms with van der Waals surface area (Å²) in [5, 5.41) is 0. The Kier molecular flexibility index (Phi) is 2.94. The van der Waals surface area contributed by atoms with Gasteiger partial charge in [-0.3, -0.25) is 0 Å². The van der Waals surface area contributed by atoms with Crippen molar-refractivity contribution in [1.82, 2.24) is 0 Å². The van der Waals surface area contributed by atoms with E-state index in [1.165, 1.54) is 12.8 Å². The second kappa shape index (κ2) is 3.77. The normalized spacial score (nSPS) is 29.5. The average molecular weight is 140 g/mol. The minimum Gasteiger partial charge on any atom is -0.381 e. The fraction of sp³-hybridized carbons (Fsp3) is 0.778. The topological polar surface area (TPSA) is 9.23 Å². The van der Waals surface area contributed by atoms with Gasteiger partial charge in [0.25, 0.3) is 0 Å². The van der Waals surface area contributed by atoms with E-state index in [4.69, 9.17) is 4.74 Å². The molecule has 0 radical (unpaired) electrons. The van der Waals surface area contributed by atoms with Crippen LogP contribution in [-0.4, -0.2) is 13.2 Å². The van der Waals surface area contributed by atoms with Crippen molar-refractivity contribution < 1.29 is 4.74 Å². The highest BCUT2D eigenvalue weighted by Crippen LogP contribution is 2.22. The second-order valence-electron chi connectivity index (χ2n) is 3.07. The van der Waals surface area contributed by atoms with Crippen LogP contribution in [0.3, 0.4) is 0 Å². The van der Waals surface area contributed by atoms with Crippen LogP contribution < -0.4 is 0 Å². The Balaban J connectivity index is 2.30. The molecule has 58 valence electrons. The summed E-state index contributed by atoms with van der Waals surface area (Å²) >= 11 is 0. The summed E-state index contributed by atoms with van der Waals surface area (Å²) in [4.78, 5) is 0. The first-order valence-corrected chi connectivity index (χ1v) is 4.05. The van der Waals surface area contributed by atoms with E-state index in [9.17, 15) is 0 Å². The molecule has 0 spiro atoms. The number of ether oxygens (including phenoxy) is 1. The maximum atomic E-state index is 5.36. The van der Waals surface area contributed by atoms with Gasteiger partial charge in [0.05, 0.1) is 0 Å². The monoisotopic (exact) mass is 140 g/mol. The summed E-state index contributed by atoms with van der Waals surface area (Å²) in [5.74, 6) is 1.35. The summed E-state index contributed by atoms with van der Waals surface area (Å²) in [5.41, 5.74) is 0. The molecule has 0 aromatic rings. The van der Waals surface area contributed by atoms with Crippen molar-refractivity contribution in [2.24, 2.45) is 11.8 Å². The Morgan fingerprint density at radius 1 is 1.70 bits per heavy atom. The van der Waals surface area contributed by atoms with E-state index in [0.29, 0.717) is 5.92 Å². The second-order valence-corrected chi connectivity index (χ2v) is 3.07. The number of hydrogen-bond donors (Lipinski definition) is 0. The summed E-state index contributed by atoms with van der Waals surface area (Å²) in [6, 6.07) is 0. The van der Waals surface area contributed by atoms with Crippen LogP contribution in [0.25, 0.3) is 0 Å². The molecule has 2 atom stereocenters. The van der Waals surface area contributed by atoms with E-state index < -0.39 is 0 Å². The van der Waals surface area contributed by atoms with E-state index in [1.807, 2.05) is 6.08 Å². The lowest BCUT2D eigenvalue weighted by Gasteiger charge is -2.25. The van der Waals surface area contributed by atoms with Crippen molar-refractivity contribution in [1.29, 1.82) is 0 Å². The maximum absolute atomic E-state index is 5.36. The van der Waals surface area contributed by atoms with Gasteiger partial charge in [-0.25, -0.2) is 0 Å². The number of allylic oxidation sites excluding steroid dienone is 1. The zero-order valence-electron chi connectivity index (χ0n) is 6.68. The third kappa shape index (κ3) is 1.84. The quantitative estimate of drug-likeness (QED) is 0.534. The molecule has 10 heavy (non-hydrogen) atoms. The fourth-order valence-corrected chi connectivity index (χ4v) is 1.37. The van der Waals surface area contributed by atoms with Gasteiger partial charge >= 0.3 is 0 Å².